The van der Waals surface area contributed by atoms with Gasteiger partial charge in [0.1, 0.15) is 0 Å². The van der Waals surface area contributed by atoms with Gasteiger partial charge in [0, 0.05) is 5.41 Å². The lowest BCUT2D eigenvalue weighted by atomic mass is 9.81. The molecule has 0 bridgehead atoms. The molecule has 0 saturated heterocycles. The Morgan fingerprint density at radius 3 is 1.63 bits per heavy atom. The first-order valence-electron chi connectivity index (χ1n) is 15.2. The Balaban J connectivity index is 1.13. The Labute approximate surface area is 251 Å². The van der Waals surface area contributed by atoms with Gasteiger partial charge in [0.25, 0.3) is 0 Å². The molecule has 0 radical (unpaired) electrons. The molecule has 0 atom stereocenters. The van der Waals surface area contributed by atoms with Crippen molar-refractivity contribution in [1.82, 2.24) is 0 Å². The first-order chi connectivity index (χ1) is 21.0. The van der Waals surface area contributed by atoms with Gasteiger partial charge in [0.2, 0.25) is 0 Å². The van der Waals surface area contributed by atoms with E-state index in [1.165, 1.54) is 87.6 Å². The predicted molar refractivity (Wildman–Crippen MR) is 185 cm³/mol. The molecule has 1 aliphatic rings. The second-order valence-corrected chi connectivity index (χ2v) is 12.6. The summed E-state index contributed by atoms with van der Waals surface area (Å²) in [6.45, 7) is 4.70. The van der Waals surface area contributed by atoms with Crippen LogP contribution in [0.5, 0.6) is 0 Å². The monoisotopic (exact) mass is 546 g/mol. The third kappa shape index (κ3) is 3.63. The fourth-order valence-corrected chi connectivity index (χ4v) is 7.49. The number of hydrogen-bond acceptors (Lipinski definition) is 0. The van der Waals surface area contributed by atoms with Gasteiger partial charge in [-0.15, -0.1) is 0 Å². The molecule has 0 fully saturated rings. The Morgan fingerprint density at radius 1 is 0.349 bits per heavy atom. The van der Waals surface area contributed by atoms with Crippen LogP contribution in [0, 0.1) is 0 Å². The summed E-state index contributed by atoms with van der Waals surface area (Å²) < 4.78 is 0. The highest BCUT2D eigenvalue weighted by molar-refractivity contribution is 6.20. The summed E-state index contributed by atoms with van der Waals surface area (Å²) in [4.78, 5) is 0. The van der Waals surface area contributed by atoms with E-state index in [0.717, 1.165) is 0 Å². The molecule has 0 N–H and O–H groups in total. The minimum absolute atomic E-state index is 0.00511. The van der Waals surface area contributed by atoms with Crippen LogP contribution < -0.4 is 0 Å². The third-order valence-electron chi connectivity index (χ3n) is 9.82. The standard InChI is InChI=1S/C43H30/c1-43(2)40-10-6-5-9-37(40)38-22-21-35(26-41(38)43)33-20-18-30-23-32(19-17-31(30)24-33)34-16-13-28-12-15-29-14-11-27-7-3-4-8-36(27)42(29)39(28)25-34/h3-26H,1-2H3. The van der Waals surface area contributed by atoms with Gasteiger partial charge in [0.05, 0.1) is 0 Å². The highest BCUT2D eigenvalue weighted by Gasteiger charge is 2.35. The van der Waals surface area contributed by atoms with E-state index in [2.05, 4.69) is 159 Å². The minimum atomic E-state index is 0.00511. The van der Waals surface area contributed by atoms with Crippen molar-refractivity contribution < 1.29 is 0 Å². The lowest BCUT2D eigenvalue weighted by Crippen LogP contribution is -2.14. The maximum absolute atomic E-state index is 2.41. The summed E-state index contributed by atoms with van der Waals surface area (Å²) in [7, 11) is 0. The molecule has 202 valence electrons. The zero-order chi connectivity index (χ0) is 28.7. The quantitative estimate of drug-likeness (QED) is 0.189. The van der Waals surface area contributed by atoms with Crippen molar-refractivity contribution in [3.63, 3.8) is 0 Å². The van der Waals surface area contributed by atoms with Crippen molar-refractivity contribution in [3.8, 4) is 33.4 Å². The molecule has 0 aliphatic heterocycles. The third-order valence-corrected chi connectivity index (χ3v) is 9.82. The first kappa shape index (κ1) is 24.4. The molecule has 43 heavy (non-hydrogen) atoms. The molecule has 0 unspecified atom stereocenters. The normalized spacial score (nSPS) is 13.5. The minimum Gasteiger partial charge on any atom is -0.0619 e. The maximum atomic E-state index is 2.41. The van der Waals surface area contributed by atoms with Crippen LogP contribution in [0.2, 0.25) is 0 Å². The first-order valence-corrected chi connectivity index (χ1v) is 15.2. The van der Waals surface area contributed by atoms with Gasteiger partial charge in [-0.05, 0) is 112 Å². The molecule has 0 saturated carbocycles. The van der Waals surface area contributed by atoms with E-state index in [-0.39, 0.29) is 5.41 Å². The van der Waals surface area contributed by atoms with E-state index >= 15 is 0 Å². The SMILES string of the molecule is CC1(C)c2ccccc2-c2ccc(-c3ccc4cc(-c5ccc6ccc7ccc8ccccc8c7c6c5)ccc4c3)cc21. The summed E-state index contributed by atoms with van der Waals surface area (Å²) in [6.07, 6.45) is 0. The Hall–Kier alpha value is -5.20. The van der Waals surface area contributed by atoms with Gasteiger partial charge in [0.15, 0.2) is 0 Å². The maximum Gasteiger partial charge on any atom is 0.0159 e. The summed E-state index contributed by atoms with van der Waals surface area (Å²) in [5.41, 5.74) is 10.6. The Kier molecular flexibility index (Phi) is 5.05. The zero-order valence-corrected chi connectivity index (χ0v) is 24.4. The van der Waals surface area contributed by atoms with Crippen LogP contribution >= 0.6 is 0 Å². The van der Waals surface area contributed by atoms with E-state index in [0.29, 0.717) is 0 Å². The van der Waals surface area contributed by atoms with Crippen LogP contribution in [0.15, 0.2) is 146 Å². The Morgan fingerprint density at radius 2 is 0.860 bits per heavy atom. The van der Waals surface area contributed by atoms with Gasteiger partial charge in [-0.25, -0.2) is 0 Å². The van der Waals surface area contributed by atoms with Crippen LogP contribution in [0.25, 0.3) is 76.5 Å². The van der Waals surface area contributed by atoms with Crippen molar-refractivity contribution in [2.45, 2.75) is 19.3 Å². The number of rotatable bonds is 2. The predicted octanol–water partition coefficient (Wildman–Crippen LogP) is 11.9. The molecule has 1 aliphatic carbocycles. The van der Waals surface area contributed by atoms with Crippen LogP contribution in [0.1, 0.15) is 25.0 Å². The molecule has 9 rings (SSSR count). The highest BCUT2D eigenvalue weighted by atomic mass is 14.4. The van der Waals surface area contributed by atoms with Gasteiger partial charge in [-0.1, -0.05) is 135 Å². The summed E-state index contributed by atoms with van der Waals surface area (Å²) in [6, 6.07) is 54.3. The van der Waals surface area contributed by atoms with Crippen LogP contribution in [-0.4, -0.2) is 0 Å². The van der Waals surface area contributed by atoms with Gasteiger partial charge >= 0.3 is 0 Å². The van der Waals surface area contributed by atoms with Crippen molar-refractivity contribution in [2.75, 3.05) is 0 Å². The van der Waals surface area contributed by atoms with E-state index in [1.807, 2.05) is 0 Å². The van der Waals surface area contributed by atoms with Gasteiger partial charge in [-0.3, -0.25) is 0 Å². The van der Waals surface area contributed by atoms with Crippen LogP contribution in [0.3, 0.4) is 0 Å². The van der Waals surface area contributed by atoms with Gasteiger partial charge < -0.3 is 0 Å². The molecule has 8 aromatic rings. The molecule has 0 amide bonds. The van der Waals surface area contributed by atoms with Crippen LogP contribution in [0.4, 0.5) is 0 Å². The smallest absolute Gasteiger partial charge is 0.0159 e. The molecule has 0 aromatic heterocycles. The summed E-state index contributed by atoms with van der Waals surface area (Å²) in [5, 5.41) is 10.3. The van der Waals surface area contributed by atoms with E-state index in [9.17, 15) is 0 Å². The topological polar surface area (TPSA) is 0 Å². The van der Waals surface area contributed by atoms with Crippen molar-refractivity contribution in [3.05, 3.63) is 157 Å². The number of benzene rings is 8. The zero-order valence-electron chi connectivity index (χ0n) is 24.4. The Bertz CT molecular complexity index is 2420. The molecule has 8 aromatic carbocycles. The molecular formula is C43H30. The number of fused-ring (bicyclic) bond motifs is 9. The van der Waals surface area contributed by atoms with Gasteiger partial charge in [-0.2, -0.15) is 0 Å². The van der Waals surface area contributed by atoms with E-state index in [1.54, 1.807) is 0 Å². The van der Waals surface area contributed by atoms with Crippen molar-refractivity contribution >= 4 is 43.1 Å². The molecule has 0 nitrogen and oxygen atoms in total. The lowest BCUT2D eigenvalue weighted by molar-refractivity contribution is 0.660. The summed E-state index contributed by atoms with van der Waals surface area (Å²) in [5.74, 6) is 0. The molecule has 0 heterocycles. The van der Waals surface area contributed by atoms with E-state index in [4.69, 9.17) is 0 Å². The molecule has 0 heteroatoms. The molecule has 0 spiro atoms. The summed E-state index contributed by atoms with van der Waals surface area (Å²) >= 11 is 0. The average molecular weight is 547 g/mol. The second-order valence-electron chi connectivity index (χ2n) is 12.6. The highest BCUT2D eigenvalue weighted by Crippen LogP contribution is 2.49. The van der Waals surface area contributed by atoms with Crippen molar-refractivity contribution in [1.29, 1.82) is 0 Å². The van der Waals surface area contributed by atoms with Crippen LogP contribution in [-0.2, 0) is 5.41 Å². The second kappa shape index (κ2) is 8.90. The van der Waals surface area contributed by atoms with Crippen molar-refractivity contribution in [2.24, 2.45) is 0 Å². The fourth-order valence-electron chi connectivity index (χ4n) is 7.49. The fraction of sp³-hybridized carbons (Fsp3) is 0.0698. The largest absolute Gasteiger partial charge is 0.0619 e. The number of hydrogen-bond donors (Lipinski definition) is 0. The molecular weight excluding hydrogens is 516 g/mol. The average Bonchev–Trinajstić information content (AvgIpc) is 3.29. The lowest BCUT2D eigenvalue weighted by Gasteiger charge is -2.22. The van der Waals surface area contributed by atoms with E-state index < -0.39 is 0 Å².